The van der Waals surface area contributed by atoms with Crippen LogP contribution in [0.25, 0.3) is 0 Å². The van der Waals surface area contributed by atoms with E-state index < -0.39 is 0 Å². The van der Waals surface area contributed by atoms with Gasteiger partial charge in [0.05, 0.1) is 5.92 Å². The van der Waals surface area contributed by atoms with Crippen molar-refractivity contribution in [3.05, 3.63) is 35.9 Å². The van der Waals surface area contributed by atoms with Crippen molar-refractivity contribution in [2.45, 2.75) is 44.4 Å². The van der Waals surface area contributed by atoms with Gasteiger partial charge in [-0.3, -0.25) is 4.79 Å². The Balaban J connectivity index is 0.00000264. The molecule has 0 saturated carbocycles. The van der Waals surface area contributed by atoms with Gasteiger partial charge in [-0.15, -0.1) is 12.4 Å². The van der Waals surface area contributed by atoms with Crippen molar-refractivity contribution in [1.29, 1.82) is 0 Å². The maximum absolute atomic E-state index is 12.9. The topological polar surface area (TPSA) is 46.3 Å². The van der Waals surface area contributed by atoms with E-state index in [2.05, 4.69) is 6.92 Å². The zero-order valence-corrected chi connectivity index (χ0v) is 15.7. The Morgan fingerprint density at radius 2 is 2.04 bits per heavy atom. The van der Waals surface area contributed by atoms with Crippen LogP contribution in [0.1, 0.15) is 44.7 Å². The second-order valence-electron chi connectivity index (χ2n) is 6.08. The second kappa shape index (κ2) is 10.2. The smallest absolute Gasteiger partial charge is 0.227 e. The number of amides is 1. The summed E-state index contributed by atoms with van der Waals surface area (Å²) in [5.74, 6) is 1.15. The van der Waals surface area contributed by atoms with Crippen LogP contribution in [0.2, 0.25) is 0 Å². The average molecular weight is 357 g/mol. The Morgan fingerprint density at radius 3 is 2.70 bits per heavy atom. The molecule has 0 aliphatic carbocycles. The summed E-state index contributed by atoms with van der Waals surface area (Å²) >= 11 is 1.98. The van der Waals surface area contributed by atoms with Crippen LogP contribution in [0.4, 0.5) is 0 Å². The van der Waals surface area contributed by atoms with Crippen LogP contribution in [0.5, 0.6) is 0 Å². The SMILES string of the molecule is CCSC1CCCCN(C(=O)C(C)C(N)c2ccccc2)C1.Cl. The van der Waals surface area contributed by atoms with E-state index in [1.165, 1.54) is 12.8 Å². The summed E-state index contributed by atoms with van der Waals surface area (Å²) in [6, 6.07) is 9.72. The monoisotopic (exact) mass is 356 g/mol. The number of halogens is 1. The van der Waals surface area contributed by atoms with Gasteiger partial charge in [0.2, 0.25) is 5.91 Å². The zero-order chi connectivity index (χ0) is 15.9. The molecule has 3 atom stereocenters. The first kappa shape index (κ1) is 20.3. The van der Waals surface area contributed by atoms with Gasteiger partial charge in [-0.2, -0.15) is 11.8 Å². The van der Waals surface area contributed by atoms with Gasteiger partial charge in [0.15, 0.2) is 0 Å². The summed E-state index contributed by atoms with van der Waals surface area (Å²) in [5, 5.41) is 0.580. The highest BCUT2D eigenvalue weighted by Crippen LogP contribution is 2.26. The van der Waals surface area contributed by atoms with E-state index in [-0.39, 0.29) is 30.3 Å². The van der Waals surface area contributed by atoms with Crippen LogP contribution in [0, 0.1) is 5.92 Å². The van der Waals surface area contributed by atoms with Crippen molar-refractivity contribution in [2.75, 3.05) is 18.8 Å². The fraction of sp³-hybridized carbons (Fsp3) is 0.611. The van der Waals surface area contributed by atoms with Crippen molar-refractivity contribution in [3.63, 3.8) is 0 Å². The highest BCUT2D eigenvalue weighted by atomic mass is 35.5. The number of likely N-dealkylation sites (tertiary alicyclic amines) is 1. The highest BCUT2D eigenvalue weighted by molar-refractivity contribution is 7.99. The molecule has 2 N–H and O–H groups in total. The normalized spacial score (nSPS) is 21.0. The molecule has 1 heterocycles. The van der Waals surface area contributed by atoms with Gasteiger partial charge in [0.25, 0.3) is 0 Å². The Hall–Kier alpha value is -0.710. The van der Waals surface area contributed by atoms with Crippen LogP contribution in [-0.2, 0) is 4.79 Å². The van der Waals surface area contributed by atoms with Crippen molar-refractivity contribution in [1.82, 2.24) is 4.90 Å². The third-order valence-corrected chi connectivity index (χ3v) is 5.64. The summed E-state index contributed by atoms with van der Waals surface area (Å²) in [7, 11) is 0. The largest absolute Gasteiger partial charge is 0.341 e. The van der Waals surface area contributed by atoms with Crippen LogP contribution in [-0.4, -0.2) is 34.9 Å². The number of hydrogen-bond donors (Lipinski definition) is 1. The Kier molecular flexibility index (Phi) is 9.03. The summed E-state index contributed by atoms with van der Waals surface area (Å²) in [6.45, 7) is 5.91. The van der Waals surface area contributed by atoms with Gasteiger partial charge in [0.1, 0.15) is 0 Å². The first-order chi connectivity index (χ1) is 10.6. The van der Waals surface area contributed by atoms with Gasteiger partial charge >= 0.3 is 0 Å². The van der Waals surface area contributed by atoms with Crippen LogP contribution < -0.4 is 5.73 Å². The molecule has 3 nitrogen and oxygen atoms in total. The van der Waals surface area contributed by atoms with Crippen molar-refractivity contribution < 1.29 is 4.79 Å². The first-order valence-corrected chi connectivity index (χ1v) is 9.39. The van der Waals surface area contributed by atoms with Crippen molar-refractivity contribution >= 4 is 30.1 Å². The fourth-order valence-corrected chi connectivity index (χ4v) is 4.17. The average Bonchev–Trinajstić information content (AvgIpc) is 2.79. The molecule has 0 bridgehead atoms. The third kappa shape index (κ3) is 5.70. The predicted octanol–water partition coefficient (Wildman–Crippen LogP) is 3.88. The zero-order valence-electron chi connectivity index (χ0n) is 14.1. The summed E-state index contributed by atoms with van der Waals surface area (Å²) in [6.07, 6.45) is 3.56. The Morgan fingerprint density at radius 1 is 1.35 bits per heavy atom. The van der Waals surface area contributed by atoms with Crippen LogP contribution in [0.15, 0.2) is 30.3 Å². The molecule has 3 unspecified atom stereocenters. The molecule has 0 aromatic heterocycles. The minimum atomic E-state index is -0.228. The minimum Gasteiger partial charge on any atom is -0.341 e. The maximum atomic E-state index is 12.9. The number of carbonyl (C=O) groups is 1. The second-order valence-corrected chi connectivity index (χ2v) is 7.66. The number of nitrogens with two attached hydrogens (primary N) is 1. The van der Waals surface area contributed by atoms with Gasteiger partial charge in [0, 0.05) is 24.4 Å². The molecule has 0 radical (unpaired) electrons. The van der Waals surface area contributed by atoms with Crippen LogP contribution in [0.3, 0.4) is 0 Å². The number of nitrogens with zero attached hydrogens (tertiary/aromatic N) is 1. The number of rotatable bonds is 5. The molecular formula is C18H29ClN2OS. The molecule has 130 valence electrons. The van der Waals surface area contributed by atoms with E-state index in [1.54, 1.807) is 0 Å². The quantitative estimate of drug-likeness (QED) is 0.870. The van der Waals surface area contributed by atoms with E-state index in [9.17, 15) is 4.79 Å². The first-order valence-electron chi connectivity index (χ1n) is 8.34. The minimum absolute atomic E-state index is 0. The van der Waals surface area contributed by atoms with Gasteiger partial charge in [-0.1, -0.05) is 50.6 Å². The van der Waals surface area contributed by atoms with Gasteiger partial charge in [-0.05, 0) is 24.2 Å². The lowest BCUT2D eigenvalue weighted by molar-refractivity contribution is -0.135. The highest BCUT2D eigenvalue weighted by Gasteiger charge is 2.29. The molecule has 1 saturated heterocycles. The molecule has 2 rings (SSSR count). The molecule has 1 amide bonds. The molecule has 5 heteroatoms. The van der Waals surface area contributed by atoms with Gasteiger partial charge in [-0.25, -0.2) is 0 Å². The Bertz CT molecular complexity index is 471. The summed E-state index contributed by atoms with van der Waals surface area (Å²) in [4.78, 5) is 14.9. The lowest BCUT2D eigenvalue weighted by Gasteiger charge is -2.29. The summed E-state index contributed by atoms with van der Waals surface area (Å²) < 4.78 is 0. The molecule has 0 spiro atoms. The molecule has 1 aliphatic rings. The number of hydrogen-bond acceptors (Lipinski definition) is 3. The molecule has 1 aromatic rings. The third-order valence-electron chi connectivity index (χ3n) is 4.45. The fourth-order valence-electron chi connectivity index (χ4n) is 3.08. The maximum Gasteiger partial charge on any atom is 0.227 e. The van der Waals surface area contributed by atoms with Gasteiger partial charge < -0.3 is 10.6 Å². The number of thioether (sulfide) groups is 1. The lowest BCUT2D eigenvalue weighted by atomic mass is 9.94. The van der Waals surface area contributed by atoms with E-state index in [4.69, 9.17) is 5.73 Å². The predicted molar refractivity (Wildman–Crippen MR) is 102 cm³/mol. The molecular weight excluding hydrogens is 328 g/mol. The summed E-state index contributed by atoms with van der Waals surface area (Å²) in [5.41, 5.74) is 7.37. The molecule has 23 heavy (non-hydrogen) atoms. The molecule has 1 aliphatic heterocycles. The standard InChI is InChI=1S/C18H28N2OS.ClH/c1-3-22-16-11-7-8-12-20(13-16)18(21)14(2)17(19)15-9-5-4-6-10-15;/h4-6,9-10,14,16-17H,3,7-8,11-13,19H2,1-2H3;1H. The van der Waals surface area contributed by atoms with E-state index >= 15 is 0 Å². The van der Waals surface area contributed by atoms with Crippen molar-refractivity contribution in [2.24, 2.45) is 11.7 Å². The van der Waals surface area contributed by atoms with E-state index in [0.717, 1.165) is 30.8 Å². The van der Waals surface area contributed by atoms with Crippen LogP contribution >= 0.6 is 24.2 Å². The van der Waals surface area contributed by atoms with E-state index in [1.807, 2.05) is 53.9 Å². The molecule has 1 fully saturated rings. The number of carbonyl (C=O) groups excluding carboxylic acids is 1. The number of benzene rings is 1. The Labute approximate surface area is 150 Å². The van der Waals surface area contributed by atoms with Crippen molar-refractivity contribution in [3.8, 4) is 0 Å². The lowest BCUT2D eigenvalue weighted by Crippen LogP contribution is -2.42. The van der Waals surface area contributed by atoms with E-state index in [0.29, 0.717) is 5.25 Å². The molecule has 1 aromatic carbocycles.